The third-order valence-corrected chi connectivity index (χ3v) is 2.06. The predicted molar refractivity (Wildman–Crippen MR) is 52.1 cm³/mol. The molecule has 0 aromatic carbocycles. The number of nitrogens with zero attached hydrogens (tertiary/aromatic N) is 1. The van der Waals surface area contributed by atoms with Gasteiger partial charge in [-0.25, -0.2) is 18.6 Å². The summed E-state index contributed by atoms with van der Waals surface area (Å²) in [6.45, 7) is 0. The average molecular weight is 252 g/mol. The fraction of sp³-hybridized carbons (Fsp3) is 0.333. The van der Waals surface area contributed by atoms with Crippen LogP contribution in [0.4, 0.5) is 8.78 Å². The Hall–Kier alpha value is -1.43. The minimum Gasteiger partial charge on any atom is -0.480 e. The molecule has 0 unspecified atom stereocenters. The van der Waals surface area contributed by atoms with E-state index in [-0.39, 0.29) is 16.5 Å². The number of carbonyl (C=O) groups excluding carboxylic acids is 1. The molecule has 0 radical (unpaired) electrons. The van der Waals surface area contributed by atoms with Crippen molar-refractivity contribution >= 4 is 17.6 Å². The second-order valence-corrected chi connectivity index (χ2v) is 3.11. The van der Waals surface area contributed by atoms with Crippen molar-refractivity contribution in [3.63, 3.8) is 0 Å². The van der Waals surface area contributed by atoms with E-state index in [1.54, 1.807) is 0 Å². The van der Waals surface area contributed by atoms with E-state index >= 15 is 0 Å². The number of pyridine rings is 1. The third-order valence-electron chi connectivity index (χ3n) is 1.76. The molecule has 0 atom stereocenters. The monoisotopic (exact) mass is 251 g/mol. The summed E-state index contributed by atoms with van der Waals surface area (Å²) in [4.78, 5) is 14.7. The van der Waals surface area contributed by atoms with Crippen LogP contribution in [0.25, 0.3) is 0 Å². The first-order valence-electron chi connectivity index (χ1n) is 4.12. The normalized spacial score (nSPS) is 10.4. The Morgan fingerprint density at radius 1 is 1.50 bits per heavy atom. The van der Waals surface area contributed by atoms with E-state index in [4.69, 9.17) is 16.3 Å². The molecule has 16 heavy (non-hydrogen) atoms. The summed E-state index contributed by atoms with van der Waals surface area (Å²) >= 11 is 5.68. The Balaban J connectivity index is 3.34. The van der Waals surface area contributed by atoms with Gasteiger partial charge in [-0.3, -0.25) is 0 Å². The number of hydrogen-bond acceptors (Lipinski definition) is 4. The minimum absolute atomic E-state index is 0.170. The van der Waals surface area contributed by atoms with Gasteiger partial charge in [0.05, 0.1) is 19.2 Å². The van der Waals surface area contributed by atoms with E-state index in [1.165, 1.54) is 7.11 Å². The van der Waals surface area contributed by atoms with Crippen LogP contribution in [0.2, 0.25) is 5.02 Å². The maximum Gasteiger partial charge on any atom is 0.344 e. The van der Waals surface area contributed by atoms with Gasteiger partial charge >= 0.3 is 5.97 Å². The van der Waals surface area contributed by atoms with Crippen LogP contribution >= 0.6 is 11.6 Å². The highest BCUT2D eigenvalue weighted by atomic mass is 35.5. The number of halogens is 3. The minimum atomic E-state index is -2.79. The Morgan fingerprint density at radius 2 is 2.12 bits per heavy atom. The molecular formula is C9H8ClF2NO3. The molecule has 88 valence electrons. The molecular weight excluding hydrogens is 244 g/mol. The molecule has 0 aliphatic carbocycles. The SMILES string of the molecule is COC(=O)c1c(Cl)cc(C(F)F)nc1OC. The van der Waals surface area contributed by atoms with E-state index in [2.05, 4.69) is 9.72 Å². The molecule has 0 saturated heterocycles. The van der Waals surface area contributed by atoms with Crippen molar-refractivity contribution in [3.8, 4) is 5.88 Å². The van der Waals surface area contributed by atoms with Gasteiger partial charge in [0, 0.05) is 0 Å². The number of ether oxygens (including phenoxy) is 2. The molecule has 1 aromatic heterocycles. The summed E-state index contributed by atoms with van der Waals surface area (Å²) in [6, 6.07) is 0.904. The Labute approximate surface area is 95.1 Å². The molecule has 0 fully saturated rings. The van der Waals surface area contributed by atoms with E-state index in [0.29, 0.717) is 0 Å². The molecule has 4 nitrogen and oxygen atoms in total. The van der Waals surface area contributed by atoms with Crippen molar-refractivity contribution in [2.75, 3.05) is 14.2 Å². The topological polar surface area (TPSA) is 48.4 Å². The highest BCUT2D eigenvalue weighted by molar-refractivity contribution is 6.34. The van der Waals surface area contributed by atoms with E-state index in [0.717, 1.165) is 13.2 Å². The van der Waals surface area contributed by atoms with Crippen LogP contribution in [0.5, 0.6) is 5.88 Å². The van der Waals surface area contributed by atoms with Crippen LogP contribution in [0.1, 0.15) is 22.5 Å². The number of aromatic nitrogens is 1. The first-order chi connectivity index (χ1) is 7.51. The highest BCUT2D eigenvalue weighted by Gasteiger charge is 2.22. The van der Waals surface area contributed by atoms with Crippen LogP contribution in [0.15, 0.2) is 6.07 Å². The first kappa shape index (κ1) is 12.6. The summed E-state index contributed by atoms with van der Waals surface area (Å²) in [5.41, 5.74) is -0.731. The van der Waals surface area contributed by atoms with Gasteiger partial charge in [-0.15, -0.1) is 0 Å². The number of esters is 1. The van der Waals surface area contributed by atoms with Crippen molar-refractivity contribution in [2.24, 2.45) is 0 Å². The van der Waals surface area contributed by atoms with Crippen LogP contribution in [-0.2, 0) is 4.74 Å². The lowest BCUT2D eigenvalue weighted by Gasteiger charge is -2.09. The number of methoxy groups -OCH3 is 2. The van der Waals surface area contributed by atoms with Gasteiger partial charge < -0.3 is 9.47 Å². The number of hydrogen-bond donors (Lipinski definition) is 0. The molecule has 1 aromatic rings. The average Bonchev–Trinajstić information content (AvgIpc) is 2.26. The largest absolute Gasteiger partial charge is 0.480 e. The lowest BCUT2D eigenvalue weighted by atomic mass is 10.2. The van der Waals surface area contributed by atoms with Gasteiger partial charge in [-0.2, -0.15) is 0 Å². The molecule has 7 heteroatoms. The summed E-state index contributed by atoms with van der Waals surface area (Å²) in [6.07, 6.45) is -2.79. The van der Waals surface area contributed by atoms with Crippen molar-refractivity contribution in [1.29, 1.82) is 0 Å². The molecule has 0 N–H and O–H groups in total. The standard InChI is InChI=1S/C9H8ClF2NO3/c1-15-8-6(9(14)16-2)4(10)3-5(13-8)7(11)12/h3,7H,1-2H3. The molecule has 0 saturated carbocycles. The first-order valence-corrected chi connectivity index (χ1v) is 4.50. The van der Waals surface area contributed by atoms with Gasteiger partial charge in [0.2, 0.25) is 5.88 Å². The van der Waals surface area contributed by atoms with Crippen LogP contribution in [0.3, 0.4) is 0 Å². The summed E-state index contributed by atoms with van der Waals surface area (Å²) in [7, 11) is 2.33. The van der Waals surface area contributed by atoms with Crippen molar-refractivity contribution < 1.29 is 23.0 Å². The van der Waals surface area contributed by atoms with Gasteiger partial charge in [0.15, 0.2) is 0 Å². The van der Waals surface area contributed by atoms with E-state index in [9.17, 15) is 13.6 Å². The summed E-state index contributed by atoms with van der Waals surface area (Å²) < 4.78 is 33.9. The highest BCUT2D eigenvalue weighted by Crippen LogP contribution is 2.29. The van der Waals surface area contributed by atoms with Gasteiger partial charge in [0.25, 0.3) is 6.43 Å². The molecule has 0 aliphatic heterocycles. The van der Waals surface area contributed by atoms with Gasteiger partial charge in [0.1, 0.15) is 11.3 Å². The number of rotatable bonds is 3. The Morgan fingerprint density at radius 3 is 2.56 bits per heavy atom. The molecule has 0 bridgehead atoms. The smallest absolute Gasteiger partial charge is 0.344 e. The fourth-order valence-electron chi connectivity index (χ4n) is 1.06. The number of alkyl halides is 2. The van der Waals surface area contributed by atoms with Gasteiger partial charge in [-0.05, 0) is 6.07 Å². The zero-order chi connectivity index (χ0) is 12.3. The molecule has 0 aliphatic rings. The zero-order valence-corrected chi connectivity index (χ0v) is 9.22. The van der Waals surface area contributed by atoms with Crippen LogP contribution in [0, 0.1) is 0 Å². The summed E-state index contributed by atoms with van der Waals surface area (Å²) in [5.74, 6) is -1.08. The maximum atomic E-state index is 12.4. The Bertz CT molecular complexity index is 412. The summed E-state index contributed by atoms with van der Waals surface area (Å²) in [5, 5.41) is -0.186. The molecule has 0 spiro atoms. The van der Waals surface area contributed by atoms with Crippen molar-refractivity contribution in [1.82, 2.24) is 4.98 Å². The molecule has 1 rings (SSSR count). The fourth-order valence-corrected chi connectivity index (χ4v) is 1.33. The van der Waals surface area contributed by atoms with Crippen LogP contribution < -0.4 is 4.74 Å². The zero-order valence-electron chi connectivity index (χ0n) is 8.46. The third kappa shape index (κ3) is 2.38. The van der Waals surface area contributed by atoms with Gasteiger partial charge in [-0.1, -0.05) is 11.6 Å². The lowest BCUT2D eigenvalue weighted by Crippen LogP contribution is -2.08. The second-order valence-electron chi connectivity index (χ2n) is 2.71. The van der Waals surface area contributed by atoms with E-state index in [1.807, 2.05) is 0 Å². The van der Waals surface area contributed by atoms with Crippen molar-refractivity contribution in [3.05, 3.63) is 22.3 Å². The number of carbonyl (C=O) groups is 1. The maximum absolute atomic E-state index is 12.4. The van der Waals surface area contributed by atoms with E-state index < -0.39 is 18.1 Å². The van der Waals surface area contributed by atoms with Crippen LogP contribution in [-0.4, -0.2) is 25.2 Å². The lowest BCUT2D eigenvalue weighted by molar-refractivity contribution is 0.0595. The van der Waals surface area contributed by atoms with Crippen molar-refractivity contribution in [2.45, 2.75) is 6.43 Å². The molecule has 0 amide bonds. The quantitative estimate of drug-likeness (QED) is 0.775. The predicted octanol–water partition coefficient (Wildman–Crippen LogP) is 2.47. The Kier molecular flexibility index (Phi) is 4.00. The molecule has 1 heterocycles. The second kappa shape index (κ2) is 5.07.